The summed E-state index contributed by atoms with van der Waals surface area (Å²) in [5.74, 6) is -10.7. The number of ether oxygens (including phenoxy) is 2. The first-order valence-electron chi connectivity index (χ1n) is 11.1. The van der Waals surface area contributed by atoms with Gasteiger partial charge in [0.15, 0.2) is 22.3 Å². The molecule has 4 rings (SSSR count). The number of benzene rings is 2. The maximum Gasteiger partial charge on any atom is 0.319 e. The van der Waals surface area contributed by atoms with E-state index in [1.54, 1.807) is 25.4 Å². The highest BCUT2D eigenvalue weighted by atomic mass is 32.2. The number of aromatic hydroxyl groups is 1. The Bertz CT molecular complexity index is 1610. The third-order valence-corrected chi connectivity index (χ3v) is 6.99. The average Bonchev–Trinajstić information content (AvgIpc) is 3.29. The Hall–Kier alpha value is -4.63. The molecular formula is C24H21F2N5O7S. The monoisotopic (exact) mass is 561 g/mol. The molecule has 1 atom stereocenters. The summed E-state index contributed by atoms with van der Waals surface area (Å²) in [4.78, 5) is 20.6. The van der Waals surface area contributed by atoms with E-state index < -0.39 is 73.3 Å². The Morgan fingerprint density at radius 2 is 1.90 bits per heavy atom. The zero-order valence-corrected chi connectivity index (χ0v) is 20.9. The van der Waals surface area contributed by atoms with Gasteiger partial charge in [-0.2, -0.15) is 13.8 Å². The summed E-state index contributed by atoms with van der Waals surface area (Å²) in [6, 6.07) is 9.50. The molecule has 1 aromatic heterocycles. The molecule has 204 valence electrons. The smallest absolute Gasteiger partial charge is 0.319 e. The summed E-state index contributed by atoms with van der Waals surface area (Å²) >= 11 is 0. The quantitative estimate of drug-likeness (QED) is 0.223. The number of para-hydroxylation sites is 1. The Morgan fingerprint density at radius 3 is 2.54 bits per heavy atom. The van der Waals surface area contributed by atoms with Crippen LogP contribution < -0.4 is 15.2 Å². The Kier molecular flexibility index (Phi) is 7.47. The molecule has 12 nitrogen and oxygen atoms in total. The normalized spacial score (nSPS) is 15.3. The summed E-state index contributed by atoms with van der Waals surface area (Å²) < 4.78 is 67.4. The molecule has 0 saturated carbocycles. The van der Waals surface area contributed by atoms with Crippen LogP contribution in [0.3, 0.4) is 0 Å². The number of sulfone groups is 1. The van der Waals surface area contributed by atoms with Gasteiger partial charge in [-0.1, -0.05) is 18.2 Å². The number of phenols is 1. The number of carboxylic acid groups (broad SMARTS) is 1. The first-order chi connectivity index (χ1) is 18.4. The van der Waals surface area contributed by atoms with Crippen LogP contribution in [0.15, 0.2) is 52.5 Å². The van der Waals surface area contributed by atoms with Crippen molar-refractivity contribution in [3.8, 4) is 28.9 Å². The van der Waals surface area contributed by atoms with E-state index in [2.05, 4.69) is 9.98 Å². The van der Waals surface area contributed by atoms with E-state index in [1.807, 2.05) is 4.90 Å². The van der Waals surface area contributed by atoms with E-state index in [9.17, 15) is 18.3 Å². The molecule has 0 aliphatic carbocycles. The second kappa shape index (κ2) is 10.6. The molecule has 0 spiro atoms. The molecule has 39 heavy (non-hydrogen) atoms. The largest absolute Gasteiger partial charge is 0.504 e. The number of halogens is 2. The lowest BCUT2D eigenvalue weighted by molar-refractivity contribution is -0.134. The standard InChI is InChI=1S/C24H21F2N5O7S/c1-31-9-8-29-22(31)13-4-2-3-5-15(13)37-20-18(25)23(30-24(19(20)26)39(35,36)11-17(33)34)38-16-10-12(21(27)28)6-7-14(16)32/h2-8,10,22,32H,9,11H2,1H3,(H3,27,28)(H,33,34). The van der Waals surface area contributed by atoms with Gasteiger partial charge in [0.2, 0.25) is 27.2 Å². The lowest BCUT2D eigenvalue weighted by Crippen LogP contribution is -2.20. The van der Waals surface area contributed by atoms with Crippen LogP contribution in [0.4, 0.5) is 8.78 Å². The number of carboxylic acids is 1. The second-order valence-corrected chi connectivity index (χ2v) is 10.2. The summed E-state index contributed by atoms with van der Waals surface area (Å²) in [6.45, 7) is 0.495. The van der Waals surface area contributed by atoms with Crippen LogP contribution in [-0.2, 0) is 14.6 Å². The van der Waals surface area contributed by atoms with Gasteiger partial charge in [-0.25, -0.2) is 8.42 Å². The molecule has 2 heterocycles. The first kappa shape index (κ1) is 27.4. The number of aliphatic carboxylic acids is 1. The van der Waals surface area contributed by atoms with Crippen LogP contribution in [0.5, 0.6) is 28.9 Å². The highest BCUT2D eigenvalue weighted by Gasteiger charge is 2.34. The molecule has 0 bridgehead atoms. The van der Waals surface area contributed by atoms with E-state index in [0.29, 0.717) is 12.1 Å². The number of aliphatic imine (C=N–C) groups is 1. The third-order valence-electron chi connectivity index (χ3n) is 5.51. The third kappa shape index (κ3) is 5.63. The number of nitrogens with zero attached hydrogens (tertiary/aromatic N) is 3. The molecule has 15 heteroatoms. The van der Waals surface area contributed by atoms with Crippen molar-refractivity contribution in [2.75, 3.05) is 19.3 Å². The number of amidine groups is 1. The Labute approximate surface area is 220 Å². The number of aromatic nitrogens is 1. The number of hydrogen-bond donors (Lipinski definition) is 4. The van der Waals surface area contributed by atoms with E-state index in [1.165, 1.54) is 18.2 Å². The zero-order valence-electron chi connectivity index (χ0n) is 20.1. The zero-order chi connectivity index (χ0) is 28.5. The minimum Gasteiger partial charge on any atom is -0.504 e. The number of rotatable bonds is 9. The second-order valence-electron chi connectivity index (χ2n) is 8.32. The van der Waals surface area contributed by atoms with E-state index in [-0.39, 0.29) is 11.3 Å². The van der Waals surface area contributed by atoms with Crippen LogP contribution in [0.2, 0.25) is 0 Å². The fraction of sp³-hybridized carbons (Fsp3) is 0.167. The van der Waals surface area contributed by atoms with Gasteiger partial charge in [0.05, 0.1) is 0 Å². The van der Waals surface area contributed by atoms with Crippen molar-refractivity contribution in [3.05, 3.63) is 65.2 Å². The summed E-state index contributed by atoms with van der Waals surface area (Å²) in [5, 5.41) is 25.2. The number of nitrogen functional groups attached to an aromatic ring is 1. The molecule has 1 aliphatic rings. The number of carbonyl (C=O) groups is 1. The number of hydrogen-bond acceptors (Lipinski definition) is 10. The van der Waals surface area contributed by atoms with Gasteiger partial charge >= 0.3 is 5.97 Å². The van der Waals surface area contributed by atoms with Gasteiger partial charge in [0.1, 0.15) is 17.8 Å². The molecule has 0 saturated heterocycles. The van der Waals surface area contributed by atoms with Gasteiger partial charge in [0.25, 0.3) is 5.88 Å². The fourth-order valence-corrected chi connectivity index (χ4v) is 4.70. The van der Waals surface area contributed by atoms with Crippen LogP contribution in [-0.4, -0.2) is 65.9 Å². The van der Waals surface area contributed by atoms with E-state index in [0.717, 1.165) is 12.1 Å². The van der Waals surface area contributed by atoms with Gasteiger partial charge in [-0.3, -0.25) is 20.1 Å². The van der Waals surface area contributed by atoms with Gasteiger partial charge in [-0.15, -0.1) is 0 Å². The number of nitrogens with one attached hydrogen (secondary N) is 1. The predicted octanol–water partition coefficient (Wildman–Crippen LogP) is 2.81. The minimum atomic E-state index is -4.96. The highest BCUT2D eigenvalue weighted by Crippen LogP contribution is 2.41. The highest BCUT2D eigenvalue weighted by molar-refractivity contribution is 7.92. The number of nitrogens with two attached hydrogens (primary N) is 1. The molecule has 0 amide bonds. The van der Waals surface area contributed by atoms with Gasteiger partial charge in [-0.05, 0) is 31.3 Å². The van der Waals surface area contributed by atoms with Crippen molar-refractivity contribution in [2.24, 2.45) is 10.7 Å². The van der Waals surface area contributed by atoms with Crippen molar-refractivity contribution < 1.29 is 41.7 Å². The molecule has 5 N–H and O–H groups in total. The molecule has 1 aliphatic heterocycles. The van der Waals surface area contributed by atoms with Crippen molar-refractivity contribution in [2.45, 2.75) is 11.2 Å². The lowest BCUT2D eigenvalue weighted by Gasteiger charge is -2.21. The molecule has 1 unspecified atom stereocenters. The minimum absolute atomic E-state index is 0.0516. The number of pyridine rings is 1. The molecule has 0 radical (unpaired) electrons. The maximum atomic E-state index is 15.7. The van der Waals surface area contributed by atoms with Gasteiger partial charge < -0.3 is 25.4 Å². The summed E-state index contributed by atoms with van der Waals surface area (Å²) in [6.07, 6.45) is 1.07. The Morgan fingerprint density at radius 1 is 1.18 bits per heavy atom. The fourth-order valence-electron chi connectivity index (χ4n) is 3.65. The van der Waals surface area contributed by atoms with Crippen molar-refractivity contribution >= 4 is 27.9 Å². The van der Waals surface area contributed by atoms with E-state index in [4.69, 9.17) is 25.7 Å². The molecule has 3 aromatic rings. The summed E-state index contributed by atoms with van der Waals surface area (Å²) in [7, 11) is -3.21. The lowest BCUT2D eigenvalue weighted by atomic mass is 10.1. The predicted molar refractivity (Wildman–Crippen MR) is 133 cm³/mol. The topological polar surface area (TPSA) is 188 Å². The SMILES string of the molecule is CN1CC=NC1c1ccccc1Oc1c(F)c(Oc2cc(C(=N)N)ccc2O)nc(S(=O)(=O)CC(=O)O)c1F. The van der Waals surface area contributed by atoms with Gasteiger partial charge in [0, 0.05) is 23.9 Å². The van der Waals surface area contributed by atoms with Crippen LogP contribution in [0.1, 0.15) is 17.3 Å². The summed E-state index contributed by atoms with van der Waals surface area (Å²) in [5.41, 5.74) is 5.88. The van der Waals surface area contributed by atoms with Crippen LogP contribution >= 0.6 is 0 Å². The maximum absolute atomic E-state index is 15.7. The van der Waals surface area contributed by atoms with Crippen molar-refractivity contribution in [1.29, 1.82) is 5.41 Å². The van der Waals surface area contributed by atoms with E-state index >= 15 is 8.78 Å². The number of phenolic OH excluding ortho intramolecular Hbond substituents is 1. The molecule has 0 fully saturated rings. The van der Waals surface area contributed by atoms with Crippen molar-refractivity contribution in [1.82, 2.24) is 9.88 Å². The molecular weight excluding hydrogens is 540 g/mol. The van der Waals surface area contributed by atoms with Crippen molar-refractivity contribution in [3.63, 3.8) is 0 Å². The first-order valence-corrected chi connectivity index (χ1v) is 12.7. The Balaban J connectivity index is 1.88. The van der Waals surface area contributed by atoms with Crippen LogP contribution in [0.25, 0.3) is 0 Å². The average molecular weight is 562 g/mol. The molecule has 2 aromatic carbocycles. The van der Waals surface area contributed by atoms with Crippen LogP contribution in [0, 0.1) is 17.0 Å².